The molecule has 39 heavy (non-hydrogen) atoms. The highest BCUT2D eigenvalue weighted by Gasteiger charge is 2.63. The standard InChI is InChI=1S/C29H25F2N3O4S/c30-20-6-5-16-18(23(20)31)14-39-22-4-2-1-3-17(22)24(16)34-27-19-13-15-7-9-29(19,38-15)10-12-32(27)28(37)25-26(36)21(35)8-11-33(25)34/h1-6,8,11,15,19,24,27,36H,7,9-10,12-14H2/t15-,19+,24-,27+,29-/m0/s1. The van der Waals surface area contributed by atoms with Gasteiger partial charge in [0.25, 0.3) is 5.91 Å². The fourth-order valence-corrected chi connectivity index (χ4v) is 8.78. The number of amides is 1. The molecule has 10 heteroatoms. The van der Waals surface area contributed by atoms with Gasteiger partial charge < -0.3 is 14.7 Å². The molecule has 7 nitrogen and oxygen atoms in total. The number of ether oxygens (including phenoxy) is 1. The molecule has 0 saturated carbocycles. The summed E-state index contributed by atoms with van der Waals surface area (Å²) < 4.78 is 38.0. The van der Waals surface area contributed by atoms with Crippen LogP contribution >= 0.6 is 11.8 Å². The lowest BCUT2D eigenvalue weighted by molar-refractivity contribution is -0.0756. The summed E-state index contributed by atoms with van der Waals surface area (Å²) in [6.07, 6.45) is 4.50. The highest BCUT2D eigenvalue weighted by molar-refractivity contribution is 7.98. The van der Waals surface area contributed by atoms with Gasteiger partial charge in [0.05, 0.1) is 17.7 Å². The number of carbonyl (C=O) groups excluding carboxylic acids is 1. The van der Waals surface area contributed by atoms with E-state index >= 15 is 4.39 Å². The van der Waals surface area contributed by atoms with E-state index in [4.69, 9.17) is 4.74 Å². The molecule has 3 fully saturated rings. The largest absolute Gasteiger partial charge is 0.502 e. The Balaban J connectivity index is 1.44. The second-order valence-corrected chi connectivity index (χ2v) is 12.1. The number of pyridine rings is 1. The fraction of sp³-hybridized carbons (Fsp3) is 0.379. The molecule has 1 amide bonds. The summed E-state index contributed by atoms with van der Waals surface area (Å²) in [5, 5.41) is 12.9. The van der Waals surface area contributed by atoms with Crippen LogP contribution in [0.2, 0.25) is 0 Å². The summed E-state index contributed by atoms with van der Waals surface area (Å²) in [6, 6.07) is 11.2. The number of aromatic hydroxyl groups is 1. The highest BCUT2D eigenvalue weighted by atomic mass is 32.2. The number of carbonyl (C=O) groups is 1. The minimum Gasteiger partial charge on any atom is -0.502 e. The van der Waals surface area contributed by atoms with Crippen LogP contribution in [0.4, 0.5) is 8.78 Å². The normalized spacial score (nSPS) is 30.3. The van der Waals surface area contributed by atoms with Crippen molar-refractivity contribution in [2.24, 2.45) is 5.92 Å². The van der Waals surface area contributed by atoms with Crippen LogP contribution in [0.5, 0.6) is 5.75 Å². The topological polar surface area (TPSA) is 75.0 Å². The third-order valence-electron chi connectivity index (χ3n) is 9.35. The number of aromatic nitrogens is 1. The molecule has 0 aliphatic carbocycles. The van der Waals surface area contributed by atoms with Crippen molar-refractivity contribution < 1.29 is 23.4 Å². The molecule has 8 rings (SSSR count). The highest BCUT2D eigenvalue weighted by Crippen LogP contribution is 2.57. The van der Waals surface area contributed by atoms with E-state index in [1.54, 1.807) is 15.6 Å². The number of rotatable bonds is 1. The molecule has 200 valence electrons. The molecule has 3 saturated heterocycles. The number of fused-ring (bicyclic) bond motifs is 6. The van der Waals surface area contributed by atoms with E-state index in [0.717, 1.165) is 35.8 Å². The maximum absolute atomic E-state index is 15.4. The van der Waals surface area contributed by atoms with Gasteiger partial charge >= 0.3 is 0 Å². The van der Waals surface area contributed by atoms with Crippen molar-refractivity contribution in [3.8, 4) is 5.75 Å². The lowest BCUT2D eigenvalue weighted by Crippen LogP contribution is -2.70. The lowest BCUT2D eigenvalue weighted by atomic mass is 9.71. The summed E-state index contributed by atoms with van der Waals surface area (Å²) in [6.45, 7) is 0.402. The Morgan fingerprint density at radius 1 is 1.05 bits per heavy atom. The van der Waals surface area contributed by atoms with Gasteiger partial charge in [0.2, 0.25) is 5.43 Å². The SMILES string of the molecule is O=C1c2c(O)c(=O)ccn2N([C@@H]2c3ccccc3SCc3c2ccc(F)c3F)[C@@H]2[C@H]3C[C@@H]4CC[C@@]3(CCN12)O4. The van der Waals surface area contributed by atoms with E-state index in [1.165, 1.54) is 24.0 Å². The molecule has 2 bridgehead atoms. The predicted molar refractivity (Wildman–Crippen MR) is 139 cm³/mol. The van der Waals surface area contributed by atoms with Gasteiger partial charge in [-0.05, 0) is 48.9 Å². The Bertz CT molecular complexity index is 1630. The van der Waals surface area contributed by atoms with E-state index in [9.17, 15) is 19.1 Å². The molecule has 1 spiro atoms. The third kappa shape index (κ3) is 3.07. The second kappa shape index (κ2) is 8.08. The van der Waals surface area contributed by atoms with E-state index < -0.39 is 40.9 Å². The first-order valence-corrected chi connectivity index (χ1v) is 14.3. The third-order valence-corrected chi connectivity index (χ3v) is 10.5. The van der Waals surface area contributed by atoms with Crippen LogP contribution in [0.1, 0.15) is 58.9 Å². The molecule has 0 unspecified atom stereocenters. The molecule has 1 aromatic heterocycles. The molecule has 6 heterocycles. The lowest BCUT2D eigenvalue weighted by Gasteiger charge is -2.57. The summed E-state index contributed by atoms with van der Waals surface area (Å²) in [7, 11) is 0. The summed E-state index contributed by atoms with van der Waals surface area (Å²) >= 11 is 1.44. The van der Waals surface area contributed by atoms with Crippen LogP contribution in [0, 0.1) is 17.6 Å². The molecular weight excluding hydrogens is 524 g/mol. The second-order valence-electron chi connectivity index (χ2n) is 11.1. The van der Waals surface area contributed by atoms with Gasteiger partial charge in [0.1, 0.15) is 6.17 Å². The van der Waals surface area contributed by atoms with Gasteiger partial charge in [-0.3, -0.25) is 19.3 Å². The van der Waals surface area contributed by atoms with Gasteiger partial charge in [-0.15, -0.1) is 11.8 Å². The van der Waals surface area contributed by atoms with Crippen molar-refractivity contribution in [2.45, 2.75) is 60.2 Å². The number of thioether (sulfide) groups is 1. The first-order valence-electron chi connectivity index (χ1n) is 13.3. The number of hydrogen-bond acceptors (Lipinski definition) is 6. The number of hydrogen-bond donors (Lipinski definition) is 1. The van der Waals surface area contributed by atoms with Crippen LogP contribution in [0.3, 0.4) is 0 Å². The molecular formula is C29H25F2N3O4S. The first kappa shape index (κ1) is 23.5. The Labute approximate surface area is 227 Å². The zero-order valence-corrected chi connectivity index (χ0v) is 21.7. The monoisotopic (exact) mass is 549 g/mol. The molecule has 5 aliphatic rings. The zero-order valence-electron chi connectivity index (χ0n) is 20.8. The summed E-state index contributed by atoms with van der Waals surface area (Å²) in [5.74, 6) is -2.60. The predicted octanol–water partition coefficient (Wildman–Crippen LogP) is 4.29. The average Bonchev–Trinajstić information content (AvgIpc) is 3.47. The minimum atomic E-state index is -0.908. The number of nitrogens with zero attached hydrogens (tertiary/aromatic N) is 3. The zero-order chi connectivity index (χ0) is 26.6. The average molecular weight is 550 g/mol. The molecule has 3 aromatic rings. The number of halogens is 2. The molecule has 0 radical (unpaired) electrons. The van der Waals surface area contributed by atoms with Crippen molar-refractivity contribution >= 4 is 17.7 Å². The van der Waals surface area contributed by atoms with Gasteiger partial charge in [-0.2, -0.15) is 0 Å². The van der Waals surface area contributed by atoms with Crippen molar-refractivity contribution in [2.75, 3.05) is 11.6 Å². The molecule has 2 aromatic carbocycles. The Morgan fingerprint density at radius 2 is 1.90 bits per heavy atom. The van der Waals surface area contributed by atoms with Crippen LogP contribution in [-0.4, -0.2) is 45.0 Å². The van der Waals surface area contributed by atoms with Crippen LogP contribution < -0.4 is 10.4 Å². The smallest absolute Gasteiger partial charge is 0.278 e. The van der Waals surface area contributed by atoms with E-state index in [0.29, 0.717) is 18.5 Å². The van der Waals surface area contributed by atoms with E-state index in [2.05, 4.69) is 0 Å². The first-order chi connectivity index (χ1) is 18.9. The Morgan fingerprint density at radius 3 is 2.74 bits per heavy atom. The maximum atomic E-state index is 15.4. The maximum Gasteiger partial charge on any atom is 0.278 e. The van der Waals surface area contributed by atoms with Crippen molar-refractivity contribution in [1.82, 2.24) is 9.58 Å². The Kier molecular flexibility index (Phi) is 4.87. The molecule has 5 atom stereocenters. The van der Waals surface area contributed by atoms with Gasteiger partial charge in [0, 0.05) is 40.9 Å². The van der Waals surface area contributed by atoms with Crippen LogP contribution in [-0.2, 0) is 10.5 Å². The van der Waals surface area contributed by atoms with Gasteiger partial charge in [-0.1, -0.05) is 24.3 Å². The number of piperidine rings is 1. The van der Waals surface area contributed by atoms with Crippen molar-refractivity contribution in [3.05, 3.63) is 92.9 Å². The van der Waals surface area contributed by atoms with Gasteiger partial charge in [-0.25, -0.2) is 8.78 Å². The quantitative estimate of drug-likeness (QED) is 0.488. The van der Waals surface area contributed by atoms with Crippen LogP contribution in [0.15, 0.2) is 58.4 Å². The van der Waals surface area contributed by atoms with Crippen molar-refractivity contribution in [3.63, 3.8) is 0 Å². The summed E-state index contributed by atoms with van der Waals surface area (Å²) in [4.78, 5) is 29.1. The van der Waals surface area contributed by atoms with Crippen LogP contribution in [0.25, 0.3) is 0 Å². The molecule has 5 aliphatic heterocycles. The number of benzene rings is 2. The van der Waals surface area contributed by atoms with E-state index in [-0.39, 0.29) is 34.6 Å². The Hall–Kier alpha value is -3.37. The summed E-state index contributed by atoms with van der Waals surface area (Å²) in [5.41, 5.74) is 0.625. The van der Waals surface area contributed by atoms with Crippen molar-refractivity contribution in [1.29, 1.82) is 0 Å². The fourth-order valence-electron chi connectivity index (χ4n) is 7.66. The molecule has 1 N–H and O–H groups in total. The minimum absolute atomic E-state index is 0.0273. The van der Waals surface area contributed by atoms with Gasteiger partial charge in [0.15, 0.2) is 23.1 Å². The van der Waals surface area contributed by atoms with E-state index in [1.807, 2.05) is 29.3 Å².